The second-order valence-corrected chi connectivity index (χ2v) is 8.13. The monoisotopic (exact) mass is 475 g/mol. The lowest BCUT2D eigenvalue weighted by Gasteiger charge is -2.28. The van der Waals surface area contributed by atoms with Gasteiger partial charge in [0.25, 0.3) is 0 Å². The summed E-state index contributed by atoms with van der Waals surface area (Å²) in [5, 5.41) is 0. The molecule has 4 heterocycles. The number of carbonyl (C=O) groups excluding carboxylic acids is 1. The number of carbonyl (C=O) groups is 1. The SMILES string of the molecule is CN(Cc1nc2c(N3CCOCC3)nc(-c3ccccc3)nc2n1C)c1ncc(C(=O)ON)cn1. The van der Waals surface area contributed by atoms with E-state index in [2.05, 4.69) is 19.7 Å². The molecule has 0 spiro atoms. The molecule has 3 aromatic heterocycles. The van der Waals surface area contributed by atoms with Crippen LogP contribution in [0.3, 0.4) is 0 Å². The molecule has 35 heavy (non-hydrogen) atoms. The summed E-state index contributed by atoms with van der Waals surface area (Å²) in [6.45, 7) is 3.16. The number of nitrogens with zero attached hydrogens (tertiary/aromatic N) is 8. The molecule has 0 unspecified atom stereocenters. The van der Waals surface area contributed by atoms with Gasteiger partial charge < -0.3 is 23.9 Å². The molecule has 1 saturated heterocycles. The van der Waals surface area contributed by atoms with Crippen LogP contribution in [0, 0.1) is 0 Å². The highest BCUT2D eigenvalue weighted by Gasteiger charge is 2.23. The van der Waals surface area contributed by atoms with Gasteiger partial charge in [0, 0.05) is 45.1 Å². The van der Waals surface area contributed by atoms with Crippen molar-refractivity contribution in [1.29, 1.82) is 0 Å². The number of imidazole rings is 1. The van der Waals surface area contributed by atoms with E-state index in [1.54, 1.807) is 0 Å². The molecule has 1 aromatic carbocycles. The van der Waals surface area contributed by atoms with Crippen molar-refractivity contribution in [3.05, 3.63) is 54.1 Å². The summed E-state index contributed by atoms with van der Waals surface area (Å²) in [5.41, 5.74) is 2.59. The quantitative estimate of drug-likeness (QED) is 0.404. The van der Waals surface area contributed by atoms with Crippen molar-refractivity contribution < 1.29 is 14.4 Å². The number of nitrogens with two attached hydrogens (primary N) is 1. The lowest BCUT2D eigenvalue weighted by molar-refractivity contribution is 0.0502. The van der Waals surface area contributed by atoms with Gasteiger partial charge in [-0.25, -0.2) is 29.7 Å². The Morgan fingerprint density at radius 2 is 1.83 bits per heavy atom. The Labute approximate surface area is 201 Å². The van der Waals surface area contributed by atoms with Gasteiger partial charge in [-0.3, -0.25) is 0 Å². The van der Waals surface area contributed by atoms with Crippen LogP contribution in [0.25, 0.3) is 22.6 Å². The second-order valence-electron chi connectivity index (χ2n) is 8.13. The van der Waals surface area contributed by atoms with E-state index in [0.717, 1.165) is 41.5 Å². The number of morpholine rings is 1. The number of benzene rings is 1. The smallest absolute Gasteiger partial charge is 0.359 e. The second kappa shape index (κ2) is 9.60. The van der Waals surface area contributed by atoms with Crippen LogP contribution in [0.1, 0.15) is 16.2 Å². The highest BCUT2D eigenvalue weighted by molar-refractivity contribution is 5.88. The summed E-state index contributed by atoms with van der Waals surface area (Å²) >= 11 is 0. The minimum Gasteiger partial charge on any atom is -0.378 e. The van der Waals surface area contributed by atoms with Crippen molar-refractivity contribution in [2.24, 2.45) is 12.9 Å². The first-order valence-corrected chi connectivity index (χ1v) is 11.1. The topological polar surface area (TPSA) is 137 Å². The summed E-state index contributed by atoms with van der Waals surface area (Å²) in [4.78, 5) is 43.0. The van der Waals surface area contributed by atoms with E-state index in [1.807, 2.05) is 53.9 Å². The van der Waals surface area contributed by atoms with Gasteiger partial charge in [0.05, 0.1) is 25.3 Å². The lowest BCUT2D eigenvalue weighted by Crippen LogP contribution is -2.37. The Morgan fingerprint density at radius 1 is 1.11 bits per heavy atom. The van der Waals surface area contributed by atoms with Crippen molar-refractivity contribution in [2.45, 2.75) is 6.54 Å². The van der Waals surface area contributed by atoms with E-state index in [-0.39, 0.29) is 5.56 Å². The largest absolute Gasteiger partial charge is 0.378 e. The van der Waals surface area contributed by atoms with Crippen LogP contribution in [0.2, 0.25) is 0 Å². The zero-order valence-electron chi connectivity index (χ0n) is 19.5. The summed E-state index contributed by atoms with van der Waals surface area (Å²) in [5.74, 6) is 6.86. The highest BCUT2D eigenvalue weighted by atomic mass is 16.7. The van der Waals surface area contributed by atoms with Gasteiger partial charge >= 0.3 is 5.97 Å². The van der Waals surface area contributed by atoms with Crippen LogP contribution in [0.4, 0.5) is 11.8 Å². The van der Waals surface area contributed by atoms with Gasteiger partial charge in [0.15, 0.2) is 22.8 Å². The lowest BCUT2D eigenvalue weighted by atomic mass is 10.2. The van der Waals surface area contributed by atoms with Gasteiger partial charge in [0.1, 0.15) is 5.82 Å². The van der Waals surface area contributed by atoms with E-state index in [0.29, 0.717) is 31.5 Å². The fourth-order valence-electron chi connectivity index (χ4n) is 3.92. The van der Waals surface area contributed by atoms with Gasteiger partial charge in [-0.1, -0.05) is 30.3 Å². The number of anilines is 2. The Bertz CT molecular complexity index is 1340. The van der Waals surface area contributed by atoms with E-state index >= 15 is 0 Å². The fourth-order valence-corrected chi connectivity index (χ4v) is 3.92. The normalized spacial score (nSPS) is 13.7. The molecule has 0 bridgehead atoms. The Balaban J connectivity index is 1.52. The molecule has 1 aliphatic rings. The number of hydrogen-bond acceptors (Lipinski definition) is 11. The number of hydrogen-bond donors (Lipinski definition) is 1. The molecule has 0 saturated carbocycles. The summed E-state index contributed by atoms with van der Waals surface area (Å²) in [6, 6.07) is 9.91. The van der Waals surface area contributed by atoms with Crippen LogP contribution in [-0.2, 0) is 23.2 Å². The van der Waals surface area contributed by atoms with E-state index in [1.165, 1.54) is 12.4 Å². The average molecular weight is 476 g/mol. The van der Waals surface area contributed by atoms with Crippen LogP contribution in [0.15, 0.2) is 42.7 Å². The summed E-state index contributed by atoms with van der Waals surface area (Å²) < 4.78 is 7.50. The Morgan fingerprint density at radius 3 is 2.51 bits per heavy atom. The molecule has 2 N–H and O–H groups in total. The number of rotatable bonds is 6. The first-order valence-electron chi connectivity index (χ1n) is 11.1. The maximum Gasteiger partial charge on any atom is 0.359 e. The molecule has 1 fully saturated rings. The van der Waals surface area contributed by atoms with Gasteiger partial charge in [-0.05, 0) is 0 Å². The van der Waals surface area contributed by atoms with Crippen LogP contribution >= 0.6 is 0 Å². The minimum atomic E-state index is -0.696. The minimum absolute atomic E-state index is 0.172. The third-order valence-corrected chi connectivity index (χ3v) is 5.84. The summed E-state index contributed by atoms with van der Waals surface area (Å²) in [7, 11) is 3.78. The number of aryl methyl sites for hydroxylation is 1. The van der Waals surface area contributed by atoms with Crippen molar-refractivity contribution in [3.63, 3.8) is 0 Å². The zero-order chi connectivity index (χ0) is 24.4. The van der Waals surface area contributed by atoms with E-state index in [9.17, 15) is 4.79 Å². The van der Waals surface area contributed by atoms with Crippen molar-refractivity contribution in [1.82, 2.24) is 29.5 Å². The van der Waals surface area contributed by atoms with E-state index in [4.69, 9.17) is 25.6 Å². The zero-order valence-corrected chi connectivity index (χ0v) is 19.5. The van der Waals surface area contributed by atoms with Crippen LogP contribution in [0.5, 0.6) is 0 Å². The molecular formula is C23H25N9O3. The molecule has 12 nitrogen and oxygen atoms in total. The molecule has 12 heteroatoms. The highest BCUT2D eigenvalue weighted by Crippen LogP contribution is 2.28. The molecule has 0 radical (unpaired) electrons. The van der Waals surface area contributed by atoms with Crippen LogP contribution in [-0.4, -0.2) is 68.8 Å². The molecule has 0 aliphatic carbocycles. The third kappa shape index (κ3) is 4.48. The van der Waals surface area contributed by atoms with Gasteiger partial charge in [-0.2, -0.15) is 5.90 Å². The van der Waals surface area contributed by atoms with Crippen molar-refractivity contribution in [3.8, 4) is 11.4 Å². The van der Waals surface area contributed by atoms with Crippen molar-refractivity contribution in [2.75, 3.05) is 43.2 Å². The van der Waals surface area contributed by atoms with E-state index < -0.39 is 5.97 Å². The third-order valence-electron chi connectivity index (χ3n) is 5.84. The maximum atomic E-state index is 11.5. The number of ether oxygens (including phenoxy) is 1. The Kier molecular flexibility index (Phi) is 6.21. The summed E-state index contributed by atoms with van der Waals surface area (Å²) in [6.07, 6.45) is 2.74. The molecule has 1 aliphatic heterocycles. The first kappa shape index (κ1) is 22.6. The van der Waals surface area contributed by atoms with Crippen LogP contribution < -0.4 is 15.7 Å². The fraction of sp³-hybridized carbons (Fsp3) is 0.304. The number of aromatic nitrogens is 6. The predicted molar refractivity (Wildman–Crippen MR) is 129 cm³/mol. The molecular weight excluding hydrogens is 450 g/mol. The average Bonchev–Trinajstić information content (AvgIpc) is 3.23. The standard InChI is InChI=1S/C23H25N9O3/c1-30(23-25-12-16(13-26-23)22(33)35-24)14-17-27-18-20(31(17)2)28-19(15-6-4-3-5-7-15)29-21(18)32-8-10-34-11-9-32/h3-7,12-13H,8-11,14,24H2,1-2H3. The Hall–Kier alpha value is -4.16. The van der Waals surface area contributed by atoms with Gasteiger partial charge in [0.2, 0.25) is 5.95 Å². The molecule has 4 aromatic rings. The maximum absolute atomic E-state index is 11.5. The predicted octanol–water partition coefficient (Wildman–Crippen LogP) is 1.32. The van der Waals surface area contributed by atoms with Gasteiger partial charge in [-0.15, -0.1) is 0 Å². The molecule has 5 rings (SSSR count). The first-order chi connectivity index (χ1) is 17.0. The molecule has 0 amide bonds. The molecule has 0 atom stereocenters. The number of fused-ring (bicyclic) bond motifs is 1. The van der Waals surface area contributed by atoms with Crippen molar-refractivity contribution >= 4 is 28.9 Å². The molecule has 180 valence electrons.